The van der Waals surface area contributed by atoms with Gasteiger partial charge in [0.1, 0.15) is 4.49 Å². The van der Waals surface area contributed by atoms with Gasteiger partial charge in [0, 0.05) is 0 Å². The molecule has 0 nitrogen and oxygen atoms in total. The molecule has 0 saturated heterocycles. The normalized spacial score (nSPS) is 12.5. The lowest BCUT2D eigenvalue weighted by molar-refractivity contribution is 1.89. The Balaban J connectivity index is 4.75. The van der Waals surface area contributed by atoms with Crippen LogP contribution in [0.4, 0.5) is 0 Å². The smallest absolute Gasteiger partial charge is 0.121 e. The molecule has 6 heteroatoms. The Hall–Kier alpha value is 1.66. The van der Waals surface area contributed by atoms with Crippen LogP contribution in [0, 0.1) is 0 Å². The monoisotopic (exact) mass is 358 g/mol. The molecule has 0 unspecified atom stereocenters. The van der Waals surface area contributed by atoms with Gasteiger partial charge < -0.3 is 0 Å². The molecule has 0 aliphatic rings. The van der Waals surface area contributed by atoms with Gasteiger partial charge in [-0.25, -0.2) is 0 Å². The first-order valence-electron chi connectivity index (χ1n) is 2.31. The summed E-state index contributed by atoms with van der Waals surface area (Å²) in [7, 11) is 0. The predicted molar refractivity (Wildman–Crippen MR) is 63.0 cm³/mol. The second kappa shape index (κ2) is 6.17. The maximum absolute atomic E-state index is 5.71. The Labute approximate surface area is 102 Å². The third kappa shape index (κ3) is 4.44. The van der Waals surface area contributed by atoms with Gasteiger partial charge in [0.15, 0.2) is 0 Å². The molecule has 0 aliphatic heterocycles. The topological polar surface area (TPSA) is 0 Å². The van der Waals surface area contributed by atoms with Crippen LogP contribution >= 0.6 is 78.4 Å². The lowest BCUT2D eigenvalue weighted by Crippen LogP contribution is -1.74. The summed E-state index contributed by atoms with van der Waals surface area (Å²) in [4.78, 5) is 0. The van der Waals surface area contributed by atoms with Crippen molar-refractivity contribution in [2.24, 2.45) is 0 Å². The highest BCUT2D eigenvalue weighted by Gasteiger charge is 2.07. The molecule has 0 fully saturated rings. The second-order valence-electron chi connectivity index (χ2n) is 1.37. The van der Waals surface area contributed by atoms with Crippen LogP contribution in [0.15, 0.2) is 17.8 Å². The van der Waals surface area contributed by atoms with Gasteiger partial charge in [-0.15, -0.1) is 11.8 Å². The summed E-state index contributed by atoms with van der Waals surface area (Å²) < 4.78 is 1.55. The van der Waals surface area contributed by atoms with Crippen molar-refractivity contribution < 1.29 is 0 Å². The molecular formula is C5H3Br2Cl3S. The zero-order chi connectivity index (χ0) is 9.02. The van der Waals surface area contributed by atoms with Crippen molar-refractivity contribution in [3.63, 3.8) is 0 Å². The van der Waals surface area contributed by atoms with Crippen LogP contribution in [0.3, 0.4) is 0 Å². The fourth-order valence-electron chi connectivity index (χ4n) is 0.259. The Morgan fingerprint density at radius 3 is 1.91 bits per heavy atom. The molecule has 64 valence electrons. The van der Waals surface area contributed by atoms with Crippen molar-refractivity contribution in [3.05, 3.63) is 17.8 Å². The van der Waals surface area contributed by atoms with E-state index in [9.17, 15) is 0 Å². The molecule has 0 aromatic carbocycles. The number of hydrogen-bond donors (Lipinski definition) is 0. The Kier molecular flexibility index (Phi) is 7.10. The van der Waals surface area contributed by atoms with Crippen molar-refractivity contribution in [1.82, 2.24) is 0 Å². The summed E-state index contributed by atoms with van der Waals surface area (Å²) in [5.41, 5.74) is 0. The fraction of sp³-hybridized carbons (Fsp3) is 0.200. The van der Waals surface area contributed by atoms with Gasteiger partial charge in [0.05, 0.1) is 13.3 Å². The number of thioether (sulfide) groups is 1. The Morgan fingerprint density at radius 1 is 1.18 bits per heavy atom. The summed E-state index contributed by atoms with van der Waals surface area (Å²) in [5, 5.41) is 0.301. The van der Waals surface area contributed by atoms with Crippen molar-refractivity contribution in [2.45, 2.75) is 0 Å². The highest BCUT2D eigenvalue weighted by atomic mass is 79.9. The van der Waals surface area contributed by atoms with Crippen LogP contribution in [-0.4, -0.2) is 6.26 Å². The molecule has 0 saturated carbocycles. The van der Waals surface area contributed by atoms with E-state index in [4.69, 9.17) is 34.8 Å². The lowest BCUT2D eigenvalue weighted by atomic mass is 10.6. The van der Waals surface area contributed by atoms with Gasteiger partial charge in [0.2, 0.25) is 0 Å². The van der Waals surface area contributed by atoms with Gasteiger partial charge in [-0.3, -0.25) is 0 Å². The molecule has 0 heterocycles. The van der Waals surface area contributed by atoms with Gasteiger partial charge >= 0.3 is 0 Å². The molecule has 0 N–H and O–H groups in total. The van der Waals surface area contributed by atoms with Gasteiger partial charge in [-0.05, 0) is 38.1 Å². The van der Waals surface area contributed by atoms with E-state index in [1.165, 1.54) is 11.8 Å². The first-order valence-corrected chi connectivity index (χ1v) is 6.25. The summed E-state index contributed by atoms with van der Waals surface area (Å²) in [6.07, 6.45) is 1.90. The molecule has 0 radical (unpaired) electrons. The molecule has 0 spiro atoms. The number of rotatable bonds is 2. The molecule has 0 bridgehead atoms. The van der Waals surface area contributed by atoms with Gasteiger partial charge in [-0.2, -0.15) is 0 Å². The van der Waals surface area contributed by atoms with E-state index >= 15 is 0 Å². The molecule has 0 aromatic rings. The summed E-state index contributed by atoms with van der Waals surface area (Å²) in [6, 6.07) is 0. The van der Waals surface area contributed by atoms with E-state index < -0.39 is 0 Å². The van der Waals surface area contributed by atoms with E-state index in [1.807, 2.05) is 6.26 Å². The maximum atomic E-state index is 5.71. The first kappa shape index (κ1) is 12.7. The average molecular weight is 361 g/mol. The van der Waals surface area contributed by atoms with E-state index in [0.717, 1.165) is 3.81 Å². The van der Waals surface area contributed by atoms with E-state index in [2.05, 4.69) is 31.9 Å². The van der Waals surface area contributed by atoms with Crippen LogP contribution < -0.4 is 0 Å². The quantitative estimate of drug-likeness (QED) is 0.610. The van der Waals surface area contributed by atoms with E-state index in [1.54, 1.807) is 0 Å². The van der Waals surface area contributed by atoms with E-state index in [0.29, 0.717) is 9.51 Å². The third-order valence-corrected chi connectivity index (χ3v) is 5.41. The number of hydrogen-bond acceptors (Lipinski definition) is 1. The van der Waals surface area contributed by atoms with Gasteiger partial charge in [-0.1, -0.05) is 34.8 Å². The highest BCUT2D eigenvalue weighted by molar-refractivity contribution is 9.15. The third-order valence-electron chi connectivity index (χ3n) is 0.710. The zero-order valence-corrected chi connectivity index (χ0v) is 11.6. The standard InChI is InChI=1S/C5H3Br2Cl3S/c1-11-4(7)2(6)3(8)5(9)10/h1H3/b4-2+. The molecule has 0 aromatic heterocycles. The SMILES string of the molecule is CS/C(Br)=C(/Br)C(Cl)=C(Cl)Cl. The van der Waals surface area contributed by atoms with Crippen molar-refractivity contribution in [1.29, 1.82) is 0 Å². The summed E-state index contributed by atoms with van der Waals surface area (Å²) in [6.45, 7) is 0. The Bertz CT molecular complexity index is 208. The average Bonchev–Trinajstić information content (AvgIpc) is 2.00. The van der Waals surface area contributed by atoms with Crippen molar-refractivity contribution >= 4 is 78.4 Å². The predicted octanol–water partition coefficient (Wildman–Crippen LogP) is 5.19. The Morgan fingerprint density at radius 2 is 1.64 bits per heavy atom. The zero-order valence-electron chi connectivity index (χ0n) is 5.30. The van der Waals surface area contributed by atoms with Gasteiger partial charge in [0.25, 0.3) is 0 Å². The van der Waals surface area contributed by atoms with Crippen LogP contribution in [-0.2, 0) is 0 Å². The number of allylic oxidation sites excluding steroid dienone is 2. The molecule has 11 heavy (non-hydrogen) atoms. The molecule has 0 aliphatic carbocycles. The summed E-state index contributed by atoms with van der Waals surface area (Å²) >= 11 is 24.6. The van der Waals surface area contributed by atoms with Crippen LogP contribution in [0.5, 0.6) is 0 Å². The van der Waals surface area contributed by atoms with Crippen molar-refractivity contribution in [2.75, 3.05) is 6.26 Å². The summed E-state index contributed by atoms with van der Waals surface area (Å²) in [5.74, 6) is 0. The van der Waals surface area contributed by atoms with Crippen LogP contribution in [0.25, 0.3) is 0 Å². The maximum Gasteiger partial charge on any atom is 0.126 e. The largest absolute Gasteiger partial charge is 0.126 e. The van der Waals surface area contributed by atoms with Crippen LogP contribution in [0.2, 0.25) is 0 Å². The molecular weight excluding hydrogens is 358 g/mol. The van der Waals surface area contributed by atoms with Crippen molar-refractivity contribution in [3.8, 4) is 0 Å². The van der Waals surface area contributed by atoms with Crippen LogP contribution in [0.1, 0.15) is 0 Å². The minimum atomic E-state index is 0.0459. The minimum absolute atomic E-state index is 0.0459. The molecule has 0 amide bonds. The molecule has 0 atom stereocenters. The highest BCUT2D eigenvalue weighted by Crippen LogP contribution is 2.36. The fourth-order valence-corrected chi connectivity index (χ4v) is 2.10. The number of halogens is 5. The van der Waals surface area contributed by atoms with E-state index in [-0.39, 0.29) is 4.49 Å². The second-order valence-corrected chi connectivity index (χ2v) is 5.62. The molecule has 0 rings (SSSR count). The minimum Gasteiger partial charge on any atom is -0.121 e. The lowest BCUT2D eigenvalue weighted by Gasteiger charge is -1.99. The first-order chi connectivity index (χ1) is 5.00.